The summed E-state index contributed by atoms with van der Waals surface area (Å²) in [7, 11) is 0. The Balaban J connectivity index is 2.05. The van der Waals surface area contributed by atoms with E-state index in [-0.39, 0.29) is 18.5 Å². The van der Waals surface area contributed by atoms with Crippen molar-refractivity contribution in [3.05, 3.63) is 59.4 Å². The summed E-state index contributed by atoms with van der Waals surface area (Å²) in [4.78, 5) is 39.9. The minimum absolute atomic E-state index is 0.203. The number of carbonyl (C=O) groups excluding carboxylic acids is 1. The Hall–Kier alpha value is -3.68. The molecule has 0 saturated heterocycles. The van der Waals surface area contributed by atoms with E-state index < -0.39 is 23.9 Å². The van der Waals surface area contributed by atoms with Gasteiger partial charge in [0.2, 0.25) is 0 Å². The second-order valence-corrected chi connectivity index (χ2v) is 6.91. The van der Waals surface area contributed by atoms with Crippen LogP contribution in [0.4, 0.5) is 0 Å². The number of aliphatic carboxylic acids is 2. The third-order valence-electron chi connectivity index (χ3n) is 4.56. The highest BCUT2D eigenvalue weighted by Gasteiger charge is 2.26. The lowest BCUT2D eigenvalue weighted by Crippen LogP contribution is -2.41. The smallest absolute Gasteiger partial charge is 0.326 e. The molecule has 3 rings (SSSR count). The van der Waals surface area contributed by atoms with Crippen molar-refractivity contribution in [2.24, 2.45) is 0 Å². The minimum Gasteiger partial charge on any atom is -0.481 e. The van der Waals surface area contributed by atoms with Gasteiger partial charge in [-0.3, -0.25) is 14.0 Å². The summed E-state index contributed by atoms with van der Waals surface area (Å²) in [6.07, 6.45) is 1.17. The number of hydrogen-bond acceptors (Lipinski definition) is 4. The first-order valence-corrected chi connectivity index (χ1v) is 9.07. The lowest BCUT2D eigenvalue weighted by Gasteiger charge is -2.14. The van der Waals surface area contributed by atoms with Crippen LogP contribution in [0.1, 0.15) is 34.5 Å². The molecule has 1 atom stereocenters. The van der Waals surface area contributed by atoms with Gasteiger partial charge in [0.1, 0.15) is 23.1 Å². The van der Waals surface area contributed by atoms with Crippen molar-refractivity contribution in [1.82, 2.24) is 14.7 Å². The van der Waals surface area contributed by atoms with Crippen molar-refractivity contribution in [2.45, 2.75) is 32.7 Å². The average Bonchev–Trinajstić information content (AvgIpc) is 3.03. The molecule has 0 aliphatic carbocycles. The van der Waals surface area contributed by atoms with Crippen molar-refractivity contribution in [1.29, 1.82) is 0 Å². The molecule has 2 aromatic heterocycles. The summed E-state index contributed by atoms with van der Waals surface area (Å²) in [6.45, 7) is 3.82. The van der Waals surface area contributed by atoms with Gasteiger partial charge >= 0.3 is 11.9 Å². The van der Waals surface area contributed by atoms with E-state index in [9.17, 15) is 19.5 Å². The van der Waals surface area contributed by atoms with E-state index in [1.54, 1.807) is 16.7 Å². The Kier molecular flexibility index (Phi) is 5.63. The Morgan fingerprint density at radius 1 is 1.03 bits per heavy atom. The lowest BCUT2D eigenvalue weighted by atomic mass is 10.1. The zero-order valence-corrected chi connectivity index (χ0v) is 16.0. The van der Waals surface area contributed by atoms with Gasteiger partial charge in [-0.1, -0.05) is 35.9 Å². The molecular weight excluding hydrogens is 374 g/mol. The predicted molar refractivity (Wildman–Crippen MR) is 106 cm³/mol. The Morgan fingerprint density at radius 3 is 2.31 bits per heavy atom. The second kappa shape index (κ2) is 8.14. The number of imidazole rings is 1. The minimum atomic E-state index is -1.32. The number of amides is 1. The van der Waals surface area contributed by atoms with E-state index >= 15 is 0 Å². The number of carbonyl (C=O) groups is 3. The number of carboxylic acid groups (broad SMARTS) is 2. The van der Waals surface area contributed by atoms with Crippen LogP contribution in [0.3, 0.4) is 0 Å². The summed E-state index contributed by atoms with van der Waals surface area (Å²) in [5.41, 5.74) is 3.86. The zero-order valence-electron chi connectivity index (χ0n) is 16.0. The molecule has 2 heterocycles. The molecule has 3 N–H and O–H groups in total. The highest BCUT2D eigenvalue weighted by Crippen LogP contribution is 2.25. The van der Waals surface area contributed by atoms with Crippen LogP contribution in [0, 0.1) is 13.8 Å². The van der Waals surface area contributed by atoms with Crippen molar-refractivity contribution < 1.29 is 24.6 Å². The Bertz CT molecular complexity index is 1090. The molecular formula is C21H21N3O5. The van der Waals surface area contributed by atoms with E-state index in [0.29, 0.717) is 11.3 Å². The topological polar surface area (TPSA) is 121 Å². The molecule has 0 bridgehead atoms. The highest BCUT2D eigenvalue weighted by molar-refractivity contribution is 6.01. The van der Waals surface area contributed by atoms with Gasteiger partial charge in [-0.25, -0.2) is 9.78 Å². The van der Waals surface area contributed by atoms with Gasteiger partial charge < -0.3 is 15.5 Å². The molecule has 0 aliphatic rings. The van der Waals surface area contributed by atoms with Crippen LogP contribution < -0.4 is 5.32 Å². The molecule has 1 aromatic carbocycles. The molecule has 0 radical (unpaired) electrons. The Morgan fingerprint density at radius 2 is 1.69 bits per heavy atom. The van der Waals surface area contributed by atoms with E-state index in [4.69, 9.17) is 5.11 Å². The van der Waals surface area contributed by atoms with Crippen molar-refractivity contribution in [3.8, 4) is 11.3 Å². The van der Waals surface area contributed by atoms with Gasteiger partial charge in [0.05, 0.1) is 0 Å². The predicted octanol–water partition coefficient (Wildman–Crippen LogP) is 2.67. The summed E-state index contributed by atoms with van der Waals surface area (Å²) in [5.74, 6) is -3.05. The van der Waals surface area contributed by atoms with Crippen LogP contribution in [-0.4, -0.2) is 43.5 Å². The summed E-state index contributed by atoms with van der Waals surface area (Å²) >= 11 is 0. The fourth-order valence-electron chi connectivity index (χ4n) is 3.03. The molecule has 0 spiro atoms. The number of rotatable bonds is 7. The van der Waals surface area contributed by atoms with Gasteiger partial charge in [-0.05, 0) is 31.9 Å². The number of aromatic nitrogens is 2. The third-order valence-corrected chi connectivity index (χ3v) is 4.56. The van der Waals surface area contributed by atoms with Gasteiger partial charge in [-0.15, -0.1) is 0 Å². The number of nitrogens with one attached hydrogen (secondary N) is 1. The largest absolute Gasteiger partial charge is 0.481 e. The number of pyridine rings is 1. The summed E-state index contributed by atoms with van der Waals surface area (Å²) in [5, 5.41) is 20.7. The second-order valence-electron chi connectivity index (χ2n) is 6.91. The average molecular weight is 395 g/mol. The maximum atomic E-state index is 13.1. The number of nitrogens with zero attached hydrogens (tertiary/aromatic N) is 2. The first-order valence-electron chi connectivity index (χ1n) is 9.07. The fourth-order valence-corrected chi connectivity index (χ4v) is 3.03. The fraction of sp³-hybridized carbons (Fsp3) is 0.238. The van der Waals surface area contributed by atoms with E-state index in [0.717, 1.165) is 16.7 Å². The van der Waals surface area contributed by atoms with Gasteiger partial charge in [0.15, 0.2) is 0 Å². The lowest BCUT2D eigenvalue weighted by molar-refractivity contribution is -0.140. The van der Waals surface area contributed by atoms with Crippen LogP contribution in [0.15, 0.2) is 42.6 Å². The number of benzene rings is 1. The SMILES string of the molecule is Cc1ccc(-c2nc3ccc(C)cn3c2C(=O)NC(CCC(=O)O)C(=O)O)cc1. The van der Waals surface area contributed by atoms with Gasteiger partial charge in [0.25, 0.3) is 5.91 Å². The summed E-state index contributed by atoms with van der Waals surface area (Å²) in [6, 6.07) is 9.83. The quantitative estimate of drug-likeness (QED) is 0.566. The molecule has 8 nitrogen and oxygen atoms in total. The normalized spacial score (nSPS) is 11.9. The first kappa shape index (κ1) is 20.1. The van der Waals surface area contributed by atoms with Crippen LogP contribution in [0.2, 0.25) is 0 Å². The molecule has 3 aromatic rings. The molecule has 8 heteroatoms. The monoisotopic (exact) mass is 395 g/mol. The van der Waals surface area contributed by atoms with Crippen molar-refractivity contribution in [2.75, 3.05) is 0 Å². The molecule has 0 fully saturated rings. The number of fused-ring (bicyclic) bond motifs is 1. The number of aryl methyl sites for hydroxylation is 2. The standard InChI is InChI=1S/C21H21N3O5/c1-12-3-6-14(7-4-12)18-19(24-11-13(2)5-9-16(24)23-18)20(27)22-15(21(28)29)8-10-17(25)26/h3-7,9,11,15H,8,10H2,1-2H3,(H,22,27)(H,25,26)(H,28,29). The van der Waals surface area contributed by atoms with Crippen LogP contribution >= 0.6 is 0 Å². The highest BCUT2D eigenvalue weighted by atomic mass is 16.4. The Labute approximate surface area is 166 Å². The van der Waals surface area contributed by atoms with Gasteiger partial charge in [0, 0.05) is 18.2 Å². The van der Waals surface area contributed by atoms with Crippen molar-refractivity contribution in [3.63, 3.8) is 0 Å². The third kappa shape index (κ3) is 4.43. The van der Waals surface area contributed by atoms with Crippen LogP contribution in [0.25, 0.3) is 16.9 Å². The van der Waals surface area contributed by atoms with E-state index in [1.165, 1.54) is 0 Å². The van der Waals surface area contributed by atoms with Crippen molar-refractivity contribution >= 4 is 23.5 Å². The number of hydrogen-bond donors (Lipinski definition) is 3. The molecule has 1 amide bonds. The van der Waals surface area contributed by atoms with E-state index in [2.05, 4.69) is 10.3 Å². The molecule has 0 saturated carbocycles. The maximum Gasteiger partial charge on any atom is 0.326 e. The summed E-state index contributed by atoms with van der Waals surface area (Å²) < 4.78 is 1.62. The first-order chi connectivity index (χ1) is 13.8. The maximum absolute atomic E-state index is 13.1. The van der Waals surface area contributed by atoms with E-state index in [1.807, 2.05) is 44.2 Å². The zero-order chi connectivity index (χ0) is 21.1. The number of carboxylic acids is 2. The molecule has 0 aliphatic heterocycles. The van der Waals surface area contributed by atoms with Gasteiger partial charge in [-0.2, -0.15) is 0 Å². The molecule has 150 valence electrons. The molecule has 1 unspecified atom stereocenters. The van der Waals surface area contributed by atoms with Crippen LogP contribution in [-0.2, 0) is 9.59 Å². The van der Waals surface area contributed by atoms with Crippen LogP contribution in [0.5, 0.6) is 0 Å². The molecule has 29 heavy (non-hydrogen) atoms.